The number of carbonyl (C=O) groups excluding carboxylic acids is 1. The average Bonchev–Trinajstić information content (AvgIpc) is 2.84. The van der Waals surface area contributed by atoms with Crippen molar-refractivity contribution < 1.29 is 19.2 Å². The molecule has 0 saturated heterocycles. The van der Waals surface area contributed by atoms with Crippen LogP contribution < -0.4 is 5.32 Å². The molecule has 1 heterocycles. The molecular formula is C17H20N2O4. The van der Waals surface area contributed by atoms with Crippen molar-refractivity contribution in [2.24, 2.45) is 5.92 Å². The van der Waals surface area contributed by atoms with Crippen LogP contribution >= 0.6 is 0 Å². The van der Waals surface area contributed by atoms with Gasteiger partial charge in [0.25, 0.3) is 0 Å². The van der Waals surface area contributed by atoms with Gasteiger partial charge in [-0.05, 0) is 26.3 Å². The van der Waals surface area contributed by atoms with Crippen LogP contribution in [0.15, 0.2) is 34.9 Å². The fourth-order valence-corrected chi connectivity index (χ4v) is 2.44. The van der Waals surface area contributed by atoms with Crippen LogP contribution in [0.5, 0.6) is 0 Å². The maximum Gasteiger partial charge on any atom is 0.308 e. The summed E-state index contributed by atoms with van der Waals surface area (Å²) in [5.74, 6) is -1.37. The zero-order valence-electron chi connectivity index (χ0n) is 13.4. The zero-order valence-corrected chi connectivity index (χ0v) is 13.4. The summed E-state index contributed by atoms with van der Waals surface area (Å²) in [5, 5.41) is 15.9. The standard InChI is InChI=1S/C17H20N2O4/c1-10(17(21)22)16(13-7-5-4-6-8-13)18-15(20)9-14-11(2)19-23-12(14)3/h4-8,10,16H,9H2,1-3H3,(H,18,20)(H,21,22). The number of carboxylic acids is 1. The Bertz CT molecular complexity index is 674. The minimum Gasteiger partial charge on any atom is -0.481 e. The number of benzene rings is 1. The van der Waals surface area contributed by atoms with E-state index in [4.69, 9.17) is 4.52 Å². The van der Waals surface area contributed by atoms with Gasteiger partial charge >= 0.3 is 5.97 Å². The van der Waals surface area contributed by atoms with E-state index < -0.39 is 17.9 Å². The Labute approximate surface area is 134 Å². The van der Waals surface area contributed by atoms with E-state index >= 15 is 0 Å². The molecule has 2 N–H and O–H groups in total. The third-order valence-corrected chi connectivity index (χ3v) is 3.88. The summed E-state index contributed by atoms with van der Waals surface area (Å²) in [4.78, 5) is 23.7. The highest BCUT2D eigenvalue weighted by atomic mass is 16.5. The molecule has 2 aromatic rings. The van der Waals surface area contributed by atoms with Gasteiger partial charge in [0.15, 0.2) is 0 Å². The fraction of sp³-hybridized carbons (Fsp3) is 0.353. The Morgan fingerprint density at radius 2 is 1.91 bits per heavy atom. The molecule has 0 aliphatic carbocycles. The van der Waals surface area contributed by atoms with Gasteiger partial charge in [0.05, 0.1) is 24.1 Å². The second kappa shape index (κ2) is 7.09. The van der Waals surface area contributed by atoms with Crippen LogP contribution in [0.25, 0.3) is 0 Å². The van der Waals surface area contributed by atoms with Crippen molar-refractivity contribution in [1.29, 1.82) is 0 Å². The second-order valence-electron chi connectivity index (χ2n) is 5.56. The van der Waals surface area contributed by atoms with Crippen molar-refractivity contribution in [2.45, 2.75) is 33.2 Å². The Morgan fingerprint density at radius 1 is 1.26 bits per heavy atom. The van der Waals surface area contributed by atoms with Gasteiger partial charge in [-0.25, -0.2) is 0 Å². The molecule has 122 valence electrons. The maximum absolute atomic E-state index is 12.4. The lowest BCUT2D eigenvalue weighted by Gasteiger charge is -2.23. The minimum atomic E-state index is -0.962. The molecule has 0 bridgehead atoms. The summed E-state index contributed by atoms with van der Waals surface area (Å²) in [7, 11) is 0. The molecule has 0 saturated carbocycles. The third kappa shape index (κ3) is 3.97. The van der Waals surface area contributed by atoms with Crippen molar-refractivity contribution in [3.63, 3.8) is 0 Å². The number of aryl methyl sites for hydroxylation is 2. The first-order valence-electron chi connectivity index (χ1n) is 7.39. The first-order chi connectivity index (χ1) is 10.9. The van der Waals surface area contributed by atoms with E-state index in [1.54, 1.807) is 32.9 Å². The lowest BCUT2D eigenvalue weighted by atomic mass is 9.94. The largest absolute Gasteiger partial charge is 0.481 e. The Hall–Kier alpha value is -2.63. The SMILES string of the molecule is Cc1noc(C)c1CC(=O)NC(c1ccccc1)C(C)C(=O)O. The molecule has 0 aliphatic rings. The summed E-state index contributed by atoms with van der Waals surface area (Å²) in [6.07, 6.45) is 0.108. The first kappa shape index (κ1) is 16.7. The molecule has 2 rings (SSSR count). The van der Waals surface area contributed by atoms with Crippen LogP contribution in [0.2, 0.25) is 0 Å². The van der Waals surface area contributed by atoms with E-state index in [2.05, 4.69) is 10.5 Å². The van der Waals surface area contributed by atoms with Crippen molar-refractivity contribution >= 4 is 11.9 Å². The number of rotatable bonds is 6. The number of amides is 1. The van der Waals surface area contributed by atoms with Crippen LogP contribution in [0.1, 0.15) is 35.5 Å². The monoisotopic (exact) mass is 316 g/mol. The lowest BCUT2D eigenvalue weighted by Crippen LogP contribution is -2.36. The molecule has 0 spiro atoms. The topological polar surface area (TPSA) is 92.4 Å². The summed E-state index contributed by atoms with van der Waals surface area (Å²) in [6, 6.07) is 8.49. The number of carbonyl (C=O) groups is 2. The van der Waals surface area contributed by atoms with E-state index in [9.17, 15) is 14.7 Å². The quantitative estimate of drug-likeness (QED) is 0.853. The molecule has 23 heavy (non-hydrogen) atoms. The third-order valence-electron chi connectivity index (χ3n) is 3.88. The maximum atomic E-state index is 12.4. The highest BCUT2D eigenvalue weighted by Gasteiger charge is 2.27. The van der Waals surface area contributed by atoms with Gasteiger partial charge in [0.2, 0.25) is 5.91 Å². The molecule has 2 atom stereocenters. The number of nitrogens with one attached hydrogen (secondary N) is 1. The Kier molecular flexibility index (Phi) is 5.16. The van der Waals surface area contributed by atoms with Crippen LogP contribution in [-0.4, -0.2) is 22.1 Å². The van der Waals surface area contributed by atoms with Crippen LogP contribution in [0.4, 0.5) is 0 Å². The molecule has 1 amide bonds. The highest BCUT2D eigenvalue weighted by Crippen LogP contribution is 2.23. The van der Waals surface area contributed by atoms with E-state index in [1.165, 1.54) is 0 Å². The summed E-state index contributed by atoms with van der Waals surface area (Å²) >= 11 is 0. The van der Waals surface area contributed by atoms with E-state index in [0.29, 0.717) is 11.5 Å². The van der Waals surface area contributed by atoms with Crippen LogP contribution in [0, 0.1) is 19.8 Å². The van der Waals surface area contributed by atoms with Gasteiger partial charge in [-0.3, -0.25) is 9.59 Å². The van der Waals surface area contributed by atoms with Crippen molar-refractivity contribution in [3.05, 3.63) is 52.9 Å². The second-order valence-corrected chi connectivity index (χ2v) is 5.56. The number of aromatic nitrogens is 1. The molecule has 1 aromatic carbocycles. The van der Waals surface area contributed by atoms with Crippen molar-refractivity contribution in [1.82, 2.24) is 10.5 Å². The van der Waals surface area contributed by atoms with E-state index in [0.717, 1.165) is 11.1 Å². The zero-order chi connectivity index (χ0) is 17.0. The Balaban J connectivity index is 2.17. The first-order valence-corrected chi connectivity index (χ1v) is 7.39. The number of hydrogen-bond donors (Lipinski definition) is 2. The van der Waals surface area contributed by atoms with Gasteiger partial charge in [-0.15, -0.1) is 0 Å². The van der Waals surface area contributed by atoms with Gasteiger partial charge in [0, 0.05) is 5.56 Å². The number of hydrogen-bond acceptors (Lipinski definition) is 4. The lowest BCUT2D eigenvalue weighted by molar-refractivity contribution is -0.142. The van der Waals surface area contributed by atoms with E-state index in [1.807, 2.05) is 18.2 Å². The van der Waals surface area contributed by atoms with Crippen LogP contribution in [-0.2, 0) is 16.0 Å². The predicted octanol–water partition coefficient (Wildman–Crippen LogP) is 2.41. The highest BCUT2D eigenvalue weighted by molar-refractivity contribution is 5.80. The normalized spacial score (nSPS) is 13.3. The smallest absolute Gasteiger partial charge is 0.308 e. The van der Waals surface area contributed by atoms with Crippen molar-refractivity contribution in [2.75, 3.05) is 0 Å². The van der Waals surface area contributed by atoms with Gasteiger partial charge in [0.1, 0.15) is 5.76 Å². The van der Waals surface area contributed by atoms with Crippen LogP contribution in [0.3, 0.4) is 0 Å². The summed E-state index contributed by atoms with van der Waals surface area (Å²) < 4.78 is 5.05. The fourth-order valence-electron chi connectivity index (χ4n) is 2.44. The molecule has 1 aromatic heterocycles. The minimum absolute atomic E-state index is 0.108. The van der Waals surface area contributed by atoms with Gasteiger partial charge < -0.3 is 14.9 Å². The van der Waals surface area contributed by atoms with Gasteiger partial charge in [-0.1, -0.05) is 35.5 Å². The number of carboxylic acid groups (broad SMARTS) is 1. The molecule has 6 heteroatoms. The summed E-state index contributed by atoms with van der Waals surface area (Å²) in [6.45, 7) is 5.10. The van der Waals surface area contributed by atoms with E-state index in [-0.39, 0.29) is 12.3 Å². The van der Waals surface area contributed by atoms with Crippen molar-refractivity contribution in [3.8, 4) is 0 Å². The number of aliphatic carboxylic acids is 1. The average molecular weight is 316 g/mol. The molecule has 0 aliphatic heterocycles. The predicted molar refractivity (Wildman–Crippen MR) is 83.8 cm³/mol. The molecular weight excluding hydrogens is 296 g/mol. The number of nitrogens with zero attached hydrogens (tertiary/aromatic N) is 1. The Morgan fingerprint density at radius 3 is 2.43 bits per heavy atom. The van der Waals surface area contributed by atoms with Gasteiger partial charge in [-0.2, -0.15) is 0 Å². The molecule has 0 radical (unpaired) electrons. The molecule has 6 nitrogen and oxygen atoms in total. The molecule has 0 fully saturated rings. The summed E-state index contributed by atoms with van der Waals surface area (Å²) in [5.41, 5.74) is 2.16. The molecule has 2 unspecified atom stereocenters.